The van der Waals surface area contributed by atoms with Gasteiger partial charge in [0.1, 0.15) is 9.52 Å². The van der Waals surface area contributed by atoms with Crippen molar-refractivity contribution in [1.29, 1.82) is 0 Å². The number of hydrogen-bond donors (Lipinski definition) is 0. The Kier molecular flexibility index (Phi) is 15.6. The summed E-state index contributed by atoms with van der Waals surface area (Å²) >= 11 is 0. The molecule has 1 atom stereocenters. The molecular formula is C30H42NSiTi. The van der Waals surface area contributed by atoms with Crippen molar-refractivity contribution in [3.63, 3.8) is 0 Å². The smallest absolute Gasteiger partial charge is 0.675 e. The largest absolute Gasteiger partial charge is 2.00 e. The van der Waals surface area contributed by atoms with Crippen molar-refractivity contribution in [3.8, 4) is 0 Å². The van der Waals surface area contributed by atoms with Gasteiger partial charge >= 0.3 is 21.7 Å². The molecular weight excluding hydrogens is 450 g/mol. The molecule has 1 N–H and O–H groups in total. The van der Waals surface area contributed by atoms with E-state index in [-0.39, 0.29) is 37.3 Å². The zero-order valence-electron chi connectivity index (χ0n) is 21.2. The van der Waals surface area contributed by atoms with Crippen molar-refractivity contribution in [3.05, 3.63) is 89.2 Å². The quantitative estimate of drug-likeness (QED) is 0.310. The van der Waals surface area contributed by atoms with Crippen LogP contribution in [-0.2, 0) is 21.7 Å². The van der Waals surface area contributed by atoms with Gasteiger partial charge in [0.15, 0.2) is 0 Å². The molecule has 0 spiro atoms. The molecule has 0 amide bonds. The summed E-state index contributed by atoms with van der Waals surface area (Å²) in [5.41, 5.74) is 11.9. The molecule has 2 aromatic carbocycles. The standard InChI is InChI=1S/C12H11Si.C9H18N.C9H13.Ti/c1-3-7-11(8-4-1)13-12-9-5-2-6-10-12;10-9-7-5-3-1-2-4-6-8-9;1-6-5-7(2)9(4)8(6)3;/h1-10,13H;9-10H,1-8H2;6H,1-4H3;/q;2*-1;+2. The minimum atomic E-state index is 0. The first kappa shape index (κ1) is 29.8. The molecule has 175 valence electrons. The van der Waals surface area contributed by atoms with E-state index >= 15 is 0 Å². The molecule has 0 saturated heterocycles. The number of benzene rings is 2. The van der Waals surface area contributed by atoms with Crippen LogP contribution in [0.5, 0.6) is 0 Å². The normalized spacial score (nSPS) is 18.8. The fourth-order valence-electron chi connectivity index (χ4n) is 4.09. The van der Waals surface area contributed by atoms with Crippen molar-refractivity contribution in [2.24, 2.45) is 5.92 Å². The van der Waals surface area contributed by atoms with Gasteiger partial charge in [-0.25, -0.2) is 5.57 Å². The van der Waals surface area contributed by atoms with Gasteiger partial charge in [-0.1, -0.05) is 149 Å². The molecule has 0 aromatic heterocycles. The van der Waals surface area contributed by atoms with Crippen LogP contribution < -0.4 is 10.4 Å². The molecule has 4 rings (SSSR count). The Morgan fingerprint density at radius 2 is 1.15 bits per heavy atom. The van der Waals surface area contributed by atoms with E-state index in [0.29, 0.717) is 5.92 Å². The fraction of sp³-hybridized carbons (Fsp3) is 0.467. The predicted molar refractivity (Wildman–Crippen MR) is 144 cm³/mol. The molecule has 1 saturated carbocycles. The van der Waals surface area contributed by atoms with Crippen LogP contribution in [0.15, 0.2) is 77.4 Å². The van der Waals surface area contributed by atoms with Crippen LogP contribution in [0.25, 0.3) is 5.73 Å². The van der Waals surface area contributed by atoms with Gasteiger partial charge in [-0.2, -0.15) is 11.1 Å². The third kappa shape index (κ3) is 12.2. The first-order valence-electron chi connectivity index (χ1n) is 12.4. The van der Waals surface area contributed by atoms with E-state index in [1.54, 1.807) is 0 Å². The zero-order valence-corrected chi connectivity index (χ0v) is 23.9. The molecule has 1 unspecified atom stereocenters. The summed E-state index contributed by atoms with van der Waals surface area (Å²) in [6, 6.07) is 21.6. The molecule has 0 bridgehead atoms. The molecule has 3 heteroatoms. The van der Waals surface area contributed by atoms with E-state index in [1.165, 1.54) is 65.6 Å². The Labute approximate surface area is 221 Å². The summed E-state index contributed by atoms with van der Waals surface area (Å²) in [5, 5.41) is 2.90. The molecule has 2 aliphatic carbocycles. The Hall–Kier alpha value is -1.19. The van der Waals surface area contributed by atoms with Crippen molar-refractivity contribution in [2.75, 3.05) is 0 Å². The molecule has 0 aliphatic heterocycles. The average molecular weight is 493 g/mol. The number of nitrogens with one attached hydrogen (secondary N) is 1. The van der Waals surface area contributed by atoms with E-state index in [0.717, 1.165) is 12.8 Å². The Morgan fingerprint density at radius 1 is 0.727 bits per heavy atom. The maximum Gasteiger partial charge on any atom is 2.00 e. The van der Waals surface area contributed by atoms with Crippen LogP contribution >= 0.6 is 0 Å². The van der Waals surface area contributed by atoms with Gasteiger partial charge in [0, 0.05) is 0 Å². The second-order valence-corrected chi connectivity index (χ2v) is 10.8. The summed E-state index contributed by atoms with van der Waals surface area (Å²) in [7, 11) is 0.271. The zero-order chi connectivity index (χ0) is 23.2. The molecule has 33 heavy (non-hydrogen) atoms. The minimum Gasteiger partial charge on any atom is -0.675 e. The Bertz CT molecular complexity index is 781. The second-order valence-electron chi connectivity index (χ2n) is 9.16. The van der Waals surface area contributed by atoms with Crippen molar-refractivity contribution >= 4 is 19.9 Å². The maximum atomic E-state index is 7.61. The monoisotopic (exact) mass is 492 g/mol. The van der Waals surface area contributed by atoms with E-state index in [4.69, 9.17) is 5.73 Å². The molecule has 1 radical (unpaired) electrons. The van der Waals surface area contributed by atoms with E-state index < -0.39 is 0 Å². The topological polar surface area (TPSA) is 23.8 Å². The van der Waals surface area contributed by atoms with Gasteiger partial charge in [-0.15, -0.1) is 13.0 Å². The van der Waals surface area contributed by atoms with E-state index in [2.05, 4.69) is 94.4 Å². The van der Waals surface area contributed by atoms with Crippen molar-refractivity contribution in [2.45, 2.75) is 85.1 Å². The summed E-state index contributed by atoms with van der Waals surface area (Å²) < 4.78 is 0. The Balaban J connectivity index is 0.000000249. The first-order valence-corrected chi connectivity index (χ1v) is 13.6. The maximum absolute atomic E-state index is 7.61. The van der Waals surface area contributed by atoms with Gasteiger partial charge in [-0.05, 0) is 0 Å². The third-order valence-corrected chi connectivity index (χ3v) is 7.96. The van der Waals surface area contributed by atoms with Crippen LogP contribution in [0.2, 0.25) is 0 Å². The SMILES string of the molecule is CC1=[C-]C(C)C(C)=C1C.[NH-]C1CCCCCCCC1.[Ti+2].c1ccc([SiH]c2ccccc2)cc1. The minimum absolute atomic E-state index is 0. The third-order valence-electron chi connectivity index (χ3n) is 6.52. The molecule has 1 nitrogen and oxygen atoms in total. The molecule has 0 heterocycles. The summed E-state index contributed by atoms with van der Waals surface area (Å²) in [4.78, 5) is 0. The fourth-order valence-corrected chi connectivity index (χ4v) is 5.30. The first-order chi connectivity index (χ1) is 15.5. The van der Waals surface area contributed by atoms with Gasteiger partial charge in [0.2, 0.25) is 0 Å². The average Bonchev–Trinajstić information content (AvgIpc) is 3.10. The second kappa shape index (κ2) is 17.3. The summed E-state index contributed by atoms with van der Waals surface area (Å²) in [6.07, 6.45) is 13.8. The number of hydrogen-bond acceptors (Lipinski definition) is 0. The Morgan fingerprint density at radius 3 is 1.48 bits per heavy atom. The van der Waals surface area contributed by atoms with Gasteiger partial charge < -0.3 is 5.73 Å². The molecule has 1 fully saturated rings. The number of rotatable bonds is 2. The van der Waals surface area contributed by atoms with Crippen molar-refractivity contribution < 1.29 is 21.7 Å². The van der Waals surface area contributed by atoms with E-state index in [1.807, 2.05) is 0 Å². The number of allylic oxidation sites excluding steroid dienone is 4. The molecule has 2 aromatic rings. The summed E-state index contributed by atoms with van der Waals surface area (Å²) in [5.74, 6) is 0.560. The van der Waals surface area contributed by atoms with Gasteiger partial charge in [-0.3, -0.25) is 6.08 Å². The van der Waals surface area contributed by atoms with Gasteiger partial charge in [0.25, 0.3) is 0 Å². The van der Waals surface area contributed by atoms with Crippen LogP contribution in [0.1, 0.15) is 79.1 Å². The van der Waals surface area contributed by atoms with E-state index in [9.17, 15) is 0 Å². The molecule has 2 aliphatic rings. The van der Waals surface area contributed by atoms with Crippen LogP contribution in [0, 0.1) is 12.0 Å². The summed E-state index contributed by atoms with van der Waals surface area (Å²) in [6.45, 7) is 8.67. The van der Waals surface area contributed by atoms with Crippen LogP contribution in [0.4, 0.5) is 0 Å². The van der Waals surface area contributed by atoms with Crippen LogP contribution in [-0.4, -0.2) is 15.6 Å². The van der Waals surface area contributed by atoms with Crippen molar-refractivity contribution in [1.82, 2.24) is 0 Å². The van der Waals surface area contributed by atoms with Gasteiger partial charge in [0.05, 0.1) is 0 Å². The predicted octanol–water partition coefficient (Wildman–Crippen LogP) is 7.33. The van der Waals surface area contributed by atoms with Crippen LogP contribution in [0.3, 0.4) is 0 Å².